The smallest absolute Gasteiger partial charge is 0.190 e. The fraction of sp³-hybridized carbons (Fsp3) is 0.727. The molecule has 0 unspecified atom stereocenters. The van der Waals surface area contributed by atoms with Gasteiger partial charge >= 0.3 is 0 Å². The number of nitrogens with zero attached hydrogens (tertiary/aromatic N) is 1. The van der Waals surface area contributed by atoms with E-state index in [2.05, 4.69) is 17.1 Å². The van der Waals surface area contributed by atoms with Crippen molar-refractivity contribution in [2.75, 3.05) is 7.11 Å². The summed E-state index contributed by atoms with van der Waals surface area (Å²) in [5.74, 6) is 3.25. The number of methoxy groups -OCH3 is 1. The summed E-state index contributed by atoms with van der Waals surface area (Å²) in [6.45, 7) is 0. The van der Waals surface area contributed by atoms with E-state index in [0.717, 1.165) is 17.7 Å². The number of rotatable bonds is 0. The van der Waals surface area contributed by atoms with Gasteiger partial charge in [0.25, 0.3) is 0 Å². The molecular weight excluding hydrogens is 162 g/mol. The first-order valence-electron chi connectivity index (χ1n) is 5.18. The fourth-order valence-electron chi connectivity index (χ4n) is 2.69. The Balaban J connectivity index is 1.93. The van der Waals surface area contributed by atoms with Crippen molar-refractivity contribution in [2.45, 2.75) is 25.3 Å². The summed E-state index contributed by atoms with van der Waals surface area (Å²) >= 11 is 0. The molecule has 2 aliphatic carbocycles. The van der Waals surface area contributed by atoms with E-state index in [1.807, 2.05) is 0 Å². The Morgan fingerprint density at radius 2 is 2.31 bits per heavy atom. The van der Waals surface area contributed by atoms with E-state index in [0.29, 0.717) is 12.0 Å². The van der Waals surface area contributed by atoms with Gasteiger partial charge in [-0.2, -0.15) is 0 Å². The second-order valence-electron chi connectivity index (χ2n) is 4.39. The Morgan fingerprint density at radius 3 is 3.15 bits per heavy atom. The van der Waals surface area contributed by atoms with E-state index in [1.54, 1.807) is 7.11 Å². The first kappa shape index (κ1) is 7.60. The van der Waals surface area contributed by atoms with Gasteiger partial charge in [0.1, 0.15) is 0 Å². The molecule has 0 aromatic carbocycles. The molecule has 0 aromatic rings. The molecule has 1 fully saturated rings. The van der Waals surface area contributed by atoms with E-state index in [9.17, 15) is 0 Å². The summed E-state index contributed by atoms with van der Waals surface area (Å²) in [7, 11) is 1.74. The number of dihydropyridines is 1. The second-order valence-corrected chi connectivity index (χ2v) is 4.39. The van der Waals surface area contributed by atoms with Crippen LogP contribution in [0, 0.1) is 17.8 Å². The van der Waals surface area contributed by atoms with Gasteiger partial charge in [-0.1, -0.05) is 12.2 Å². The highest BCUT2D eigenvalue weighted by Crippen LogP contribution is 2.49. The third-order valence-corrected chi connectivity index (χ3v) is 3.61. The number of ether oxygens (including phenoxy) is 1. The highest BCUT2D eigenvalue weighted by atomic mass is 16.5. The topological polar surface area (TPSA) is 21.6 Å². The van der Waals surface area contributed by atoms with Crippen molar-refractivity contribution >= 4 is 5.90 Å². The molecule has 4 atom stereocenters. The highest BCUT2D eigenvalue weighted by Gasteiger charge is 2.45. The zero-order chi connectivity index (χ0) is 8.84. The molecule has 2 heterocycles. The van der Waals surface area contributed by atoms with Crippen LogP contribution < -0.4 is 0 Å². The Hall–Kier alpha value is -0.790. The predicted molar refractivity (Wildman–Crippen MR) is 51.7 cm³/mol. The second kappa shape index (κ2) is 2.60. The molecule has 2 heteroatoms. The minimum atomic E-state index is 0.441. The molecule has 2 nitrogen and oxygen atoms in total. The molecule has 2 aliphatic heterocycles. The van der Waals surface area contributed by atoms with Crippen LogP contribution in [0.4, 0.5) is 0 Å². The predicted octanol–water partition coefficient (Wildman–Crippen LogP) is 2.02. The average molecular weight is 177 g/mol. The van der Waals surface area contributed by atoms with Gasteiger partial charge in [-0.15, -0.1) is 0 Å². The molecule has 0 radical (unpaired) electrons. The zero-order valence-electron chi connectivity index (χ0n) is 7.94. The van der Waals surface area contributed by atoms with Crippen molar-refractivity contribution in [3.63, 3.8) is 0 Å². The molecule has 0 spiro atoms. The standard InChI is InChI=1S/C11H15NO/c1-13-11-7-2-3-8-6-9(8)10(12-11)5-4-7/h4-5,7-10H,2-3,6H2,1H3/t7-,8-,9+,10+/m1/s1. The Morgan fingerprint density at radius 1 is 1.38 bits per heavy atom. The highest BCUT2D eigenvalue weighted by molar-refractivity contribution is 5.82. The van der Waals surface area contributed by atoms with Gasteiger partial charge < -0.3 is 4.74 Å². The molecule has 0 saturated heterocycles. The van der Waals surface area contributed by atoms with Crippen molar-refractivity contribution in [1.82, 2.24) is 0 Å². The first-order chi connectivity index (χ1) is 6.38. The fourth-order valence-corrected chi connectivity index (χ4v) is 2.69. The SMILES string of the molecule is COC1=N[C@H]2C=C[C@H]1CC[C@@H]1C[C@@H]12. The molecule has 2 bridgehead atoms. The number of aliphatic imine (C=N–C) groups is 1. The third-order valence-electron chi connectivity index (χ3n) is 3.61. The van der Waals surface area contributed by atoms with Gasteiger partial charge in [0.2, 0.25) is 0 Å². The maximum Gasteiger partial charge on any atom is 0.190 e. The van der Waals surface area contributed by atoms with E-state index in [4.69, 9.17) is 4.74 Å². The minimum absolute atomic E-state index is 0.441. The van der Waals surface area contributed by atoms with Gasteiger partial charge in [-0.05, 0) is 31.1 Å². The van der Waals surface area contributed by atoms with Gasteiger partial charge in [0.05, 0.1) is 19.1 Å². The Bertz CT molecular complexity index is 282. The molecule has 4 aliphatic rings. The molecule has 13 heavy (non-hydrogen) atoms. The molecule has 1 saturated carbocycles. The average Bonchev–Trinajstić information content (AvgIpc) is 2.88. The zero-order valence-corrected chi connectivity index (χ0v) is 7.94. The molecular formula is C11H15NO. The summed E-state index contributed by atoms with van der Waals surface area (Å²) < 4.78 is 5.33. The lowest BCUT2D eigenvalue weighted by molar-refractivity contribution is 0.352. The summed E-state index contributed by atoms with van der Waals surface area (Å²) in [6.07, 6.45) is 8.58. The normalized spacial score (nSPS) is 46.1. The molecule has 0 aromatic heterocycles. The van der Waals surface area contributed by atoms with Gasteiger partial charge in [-0.25, -0.2) is 4.99 Å². The summed E-state index contributed by atoms with van der Waals surface area (Å²) in [5.41, 5.74) is 0. The van der Waals surface area contributed by atoms with E-state index >= 15 is 0 Å². The van der Waals surface area contributed by atoms with Crippen molar-refractivity contribution in [1.29, 1.82) is 0 Å². The number of hydrogen-bond donors (Lipinski definition) is 0. The van der Waals surface area contributed by atoms with E-state index in [-0.39, 0.29) is 0 Å². The molecule has 4 rings (SSSR count). The molecule has 0 amide bonds. The number of hydrogen-bond acceptors (Lipinski definition) is 2. The lowest BCUT2D eigenvalue weighted by atomic mass is 9.92. The molecule has 0 N–H and O–H groups in total. The minimum Gasteiger partial charge on any atom is -0.484 e. The third kappa shape index (κ3) is 1.11. The maximum atomic E-state index is 5.33. The van der Waals surface area contributed by atoms with Crippen LogP contribution in [0.3, 0.4) is 0 Å². The van der Waals surface area contributed by atoms with E-state index < -0.39 is 0 Å². The first-order valence-corrected chi connectivity index (χ1v) is 5.18. The van der Waals surface area contributed by atoms with Crippen molar-refractivity contribution in [3.05, 3.63) is 12.2 Å². The van der Waals surface area contributed by atoms with Crippen LogP contribution in [-0.4, -0.2) is 19.0 Å². The maximum absolute atomic E-state index is 5.33. The lowest BCUT2D eigenvalue weighted by Gasteiger charge is -2.24. The van der Waals surface area contributed by atoms with Gasteiger partial charge in [0, 0.05) is 0 Å². The van der Waals surface area contributed by atoms with Crippen LogP contribution in [0.15, 0.2) is 17.1 Å². The van der Waals surface area contributed by atoms with Gasteiger partial charge in [0.15, 0.2) is 5.90 Å². The van der Waals surface area contributed by atoms with E-state index in [1.165, 1.54) is 19.3 Å². The lowest BCUT2D eigenvalue weighted by Crippen LogP contribution is -2.25. The van der Waals surface area contributed by atoms with Crippen LogP contribution >= 0.6 is 0 Å². The Kier molecular flexibility index (Phi) is 1.52. The van der Waals surface area contributed by atoms with Crippen LogP contribution in [-0.2, 0) is 4.74 Å². The quantitative estimate of drug-likeness (QED) is 0.519. The van der Waals surface area contributed by atoms with Crippen molar-refractivity contribution < 1.29 is 4.74 Å². The van der Waals surface area contributed by atoms with Crippen molar-refractivity contribution in [3.8, 4) is 0 Å². The van der Waals surface area contributed by atoms with Gasteiger partial charge in [-0.3, -0.25) is 0 Å². The van der Waals surface area contributed by atoms with Crippen molar-refractivity contribution in [2.24, 2.45) is 22.7 Å². The summed E-state index contributed by atoms with van der Waals surface area (Å²) in [4.78, 5) is 4.65. The summed E-state index contributed by atoms with van der Waals surface area (Å²) in [5, 5.41) is 0. The van der Waals surface area contributed by atoms with Crippen LogP contribution in [0.25, 0.3) is 0 Å². The Labute approximate surface area is 78.7 Å². The van der Waals surface area contributed by atoms with Crippen LogP contribution in [0.5, 0.6) is 0 Å². The monoisotopic (exact) mass is 177 g/mol. The molecule has 70 valence electrons. The largest absolute Gasteiger partial charge is 0.484 e. The number of fused-ring (bicyclic) bond motifs is 1. The van der Waals surface area contributed by atoms with Crippen LogP contribution in [0.1, 0.15) is 19.3 Å². The van der Waals surface area contributed by atoms with Crippen LogP contribution in [0.2, 0.25) is 0 Å². The summed E-state index contributed by atoms with van der Waals surface area (Å²) in [6, 6.07) is 0.441.